The molecule has 104 valence electrons. The van der Waals surface area contributed by atoms with Gasteiger partial charge in [0.05, 0.1) is 0 Å². The van der Waals surface area contributed by atoms with E-state index in [-0.39, 0.29) is 0 Å². The Kier molecular flexibility index (Phi) is 5.16. The summed E-state index contributed by atoms with van der Waals surface area (Å²) in [6.45, 7) is 0. The highest BCUT2D eigenvalue weighted by atomic mass is 79.9. The van der Waals surface area contributed by atoms with E-state index in [2.05, 4.69) is 26.6 Å². The lowest BCUT2D eigenvalue weighted by atomic mass is 10.3. The van der Waals surface area contributed by atoms with E-state index in [9.17, 15) is 4.79 Å². The lowest BCUT2D eigenvalue weighted by molar-refractivity contribution is 0.262. The molecule has 2 aromatic carbocycles. The van der Waals surface area contributed by atoms with E-state index < -0.39 is 6.03 Å². The third kappa shape index (κ3) is 4.56. The van der Waals surface area contributed by atoms with Gasteiger partial charge in [-0.1, -0.05) is 50.7 Å². The van der Waals surface area contributed by atoms with Crippen molar-refractivity contribution >= 4 is 68.1 Å². The molecule has 0 heterocycles. The van der Waals surface area contributed by atoms with Crippen molar-refractivity contribution in [3.63, 3.8) is 0 Å². The van der Waals surface area contributed by atoms with Crippen molar-refractivity contribution in [2.75, 3.05) is 10.6 Å². The molecule has 0 fully saturated rings. The monoisotopic (exact) mass is 392 g/mol. The van der Waals surface area contributed by atoms with Gasteiger partial charge < -0.3 is 10.6 Å². The van der Waals surface area contributed by atoms with Crippen LogP contribution in [0, 0.1) is 0 Å². The summed E-state index contributed by atoms with van der Waals surface area (Å²) in [5, 5.41) is 6.69. The number of carbonyl (C=O) groups excluding carboxylic acids is 1. The van der Waals surface area contributed by atoms with Crippen molar-refractivity contribution in [2.24, 2.45) is 0 Å². The van der Waals surface area contributed by atoms with Gasteiger partial charge in [-0.25, -0.2) is 4.79 Å². The highest BCUT2D eigenvalue weighted by molar-refractivity contribution is 9.10. The largest absolute Gasteiger partial charge is 0.323 e. The maximum absolute atomic E-state index is 11.9. The zero-order valence-electron chi connectivity index (χ0n) is 9.88. The third-order valence-electron chi connectivity index (χ3n) is 2.24. The van der Waals surface area contributed by atoms with Crippen molar-refractivity contribution in [1.82, 2.24) is 0 Å². The first kappa shape index (κ1) is 15.4. The molecule has 0 unspecified atom stereocenters. The molecule has 2 rings (SSSR count). The molecule has 2 amide bonds. The highest BCUT2D eigenvalue weighted by Crippen LogP contribution is 2.24. The minimum Gasteiger partial charge on any atom is -0.308 e. The molecule has 0 bridgehead atoms. The summed E-state index contributed by atoms with van der Waals surface area (Å²) in [6, 6.07) is 9.45. The Morgan fingerprint density at radius 1 is 0.800 bits per heavy atom. The summed E-state index contributed by atoms with van der Waals surface area (Å²) in [5.41, 5.74) is 1.07. The van der Waals surface area contributed by atoms with Crippen LogP contribution >= 0.6 is 50.7 Å². The minimum absolute atomic E-state index is 0.419. The zero-order valence-corrected chi connectivity index (χ0v) is 13.7. The summed E-state index contributed by atoms with van der Waals surface area (Å²) in [6.07, 6.45) is 0. The SMILES string of the molecule is O=C(Nc1cc(Cl)cc(Cl)c1)Nc1cc(Cl)cc(Br)c1. The number of halogens is 4. The van der Waals surface area contributed by atoms with Gasteiger partial charge in [-0.2, -0.15) is 0 Å². The van der Waals surface area contributed by atoms with Crippen molar-refractivity contribution in [3.05, 3.63) is 55.9 Å². The molecule has 0 atom stereocenters. The van der Waals surface area contributed by atoms with Crippen LogP contribution in [0.25, 0.3) is 0 Å². The van der Waals surface area contributed by atoms with Crippen LogP contribution in [0.1, 0.15) is 0 Å². The van der Waals surface area contributed by atoms with E-state index in [1.165, 1.54) is 0 Å². The van der Waals surface area contributed by atoms with E-state index in [0.717, 1.165) is 4.47 Å². The quantitative estimate of drug-likeness (QED) is 0.639. The Balaban J connectivity index is 2.08. The molecule has 0 saturated heterocycles. The van der Waals surface area contributed by atoms with Crippen molar-refractivity contribution in [2.45, 2.75) is 0 Å². The van der Waals surface area contributed by atoms with Crippen LogP contribution in [-0.4, -0.2) is 6.03 Å². The molecule has 0 saturated carbocycles. The first-order valence-corrected chi connectivity index (χ1v) is 7.35. The maximum atomic E-state index is 11.9. The molecular weight excluding hydrogens is 386 g/mol. The number of hydrogen-bond donors (Lipinski definition) is 2. The summed E-state index contributed by atoms with van der Waals surface area (Å²) >= 11 is 20.9. The Morgan fingerprint density at radius 3 is 1.75 bits per heavy atom. The summed E-state index contributed by atoms with van der Waals surface area (Å²) < 4.78 is 0.770. The number of carbonyl (C=O) groups is 1. The fraction of sp³-hybridized carbons (Fsp3) is 0. The number of benzene rings is 2. The molecule has 0 radical (unpaired) electrons. The van der Waals surface area contributed by atoms with Gasteiger partial charge in [-0.15, -0.1) is 0 Å². The smallest absolute Gasteiger partial charge is 0.308 e. The van der Waals surface area contributed by atoms with Crippen LogP contribution in [0.15, 0.2) is 40.9 Å². The molecule has 20 heavy (non-hydrogen) atoms. The number of hydrogen-bond acceptors (Lipinski definition) is 1. The Bertz CT molecular complexity index is 568. The van der Waals surface area contributed by atoms with Crippen LogP contribution in [0.5, 0.6) is 0 Å². The number of nitrogens with one attached hydrogen (secondary N) is 2. The van der Waals surface area contributed by atoms with E-state index in [4.69, 9.17) is 34.8 Å². The van der Waals surface area contributed by atoms with Crippen molar-refractivity contribution < 1.29 is 4.79 Å². The molecular formula is C13H8BrCl3N2O. The molecule has 7 heteroatoms. The molecule has 0 spiro atoms. The zero-order chi connectivity index (χ0) is 14.7. The molecule has 0 aromatic heterocycles. The van der Waals surface area contributed by atoms with Crippen LogP contribution < -0.4 is 10.6 Å². The van der Waals surface area contributed by atoms with Crippen LogP contribution in [-0.2, 0) is 0 Å². The molecule has 0 aliphatic carbocycles. The molecule has 2 aromatic rings. The predicted molar refractivity (Wildman–Crippen MR) is 88.3 cm³/mol. The van der Waals surface area contributed by atoms with Crippen LogP contribution in [0.2, 0.25) is 15.1 Å². The van der Waals surface area contributed by atoms with Crippen LogP contribution in [0.4, 0.5) is 16.2 Å². The molecule has 3 nitrogen and oxygen atoms in total. The number of urea groups is 1. The summed E-state index contributed by atoms with van der Waals surface area (Å²) in [4.78, 5) is 11.9. The van der Waals surface area contributed by atoms with E-state index in [1.807, 2.05) is 0 Å². The lowest BCUT2D eigenvalue weighted by Gasteiger charge is -2.09. The van der Waals surface area contributed by atoms with Gasteiger partial charge in [-0.05, 0) is 36.4 Å². The minimum atomic E-state index is -0.419. The Morgan fingerprint density at radius 2 is 1.25 bits per heavy atom. The van der Waals surface area contributed by atoms with E-state index in [0.29, 0.717) is 26.4 Å². The highest BCUT2D eigenvalue weighted by Gasteiger charge is 2.06. The van der Waals surface area contributed by atoms with E-state index in [1.54, 1.807) is 36.4 Å². The molecule has 0 aliphatic rings. The first-order chi connectivity index (χ1) is 9.42. The van der Waals surface area contributed by atoms with Crippen LogP contribution in [0.3, 0.4) is 0 Å². The van der Waals surface area contributed by atoms with Crippen molar-refractivity contribution in [3.8, 4) is 0 Å². The van der Waals surface area contributed by atoms with Gasteiger partial charge in [0.25, 0.3) is 0 Å². The second-order valence-corrected chi connectivity index (χ2v) is 6.12. The fourth-order valence-corrected chi connectivity index (χ4v) is 2.93. The van der Waals surface area contributed by atoms with Gasteiger partial charge in [0.1, 0.15) is 0 Å². The van der Waals surface area contributed by atoms with Gasteiger partial charge in [0.2, 0.25) is 0 Å². The standard InChI is InChI=1S/C13H8BrCl3N2O/c14-7-1-8(15)4-11(2-7)18-13(20)19-12-5-9(16)3-10(17)6-12/h1-6H,(H2,18,19,20). The van der Waals surface area contributed by atoms with Gasteiger partial charge in [0, 0.05) is 30.9 Å². The predicted octanol–water partition coefficient (Wildman–Crippen LogP) is 6.05. The Labute approximate surface area is 139 Å². The maximum Gasteiger partial charge on any atom is 0.323 e. The fourth-order valence-electron chi connectivity index (χ4n) is 1.55. The van der Waals surface area contributed by atoms with Gasteiger partial charge in [0.15, 0.2) is 0 Å². The van der Waals surface area contributed by atoms with Gasteiger partial charge in [-0.3, -0.25) is 0 Å². The van der Waals surface area contributed by atoms with Gasteiger partial charge >= 0.3 is 6.03 Å². The Hall–Kier alpha value is -0.940. The lowest BCUT2D eigenvalue weighted by Crippen LogP contribution is -2.19. The molecule has 2 N–H and O–H groups in total. The topological polar surface area (TPSA) is 41.1 Å². The average Bonchev–Trinajstić information content (AvgIpc) is 2.24. The first-order valence-electron chi connectivity index (χ1n) is 5.42. The van der Waals surface area contributed by atoms with E-state index >= 15 is 0 Å². The number of rotatable bonds is 2. The summed E-state index contributed by atoms with van der Waals surface area (Å²) in [7, 11) is 0. The normalized spacial score (nSPS) is 10.2. The van der Waals surface area contributed by atoms with Crippen molar-refractivity contribution in [1.29, 1.82) is 0 Å². The summed E-state index contributed by atoms with van der Waals surface area (Å²) in [5.74, 6) is 0. The number of anilines is 2. The third-order valence-corrected chi connectivity index (χ3v) is 3.35. The second kappa shape index (κ2) is 6.68. The second-order valence-electron chi connectivity index (χ2n) is 3.90. The number of amides is 2. The molecule has 0 aliphatic heterocycles. The average molecular weight is 394 g/mol.